The van der Waals surface area contributed by atoms with E-state index >= 15 is 0 Å². The third-order valence-electron chi connectivity index (χ3n) is 6.31. The van der Waals surface area contributed by atoms with Crippen molar-refractivity contribution < 1.29 is 32.2 Å². The first-order valence-corrected chi connectivity index (χ1v) is 11.8. The first kappa shape index (κ1) is 25.2. The summed E-state index contributed by atoms with van der Waals surface area (Å²) in [5.41, 5.74) is 1.84. The molecule has 1 aliphatic heterocycles. The number of benzene rings is 3. The minimum atomic E-state index is -4.43. The first-order chi connectivity index (χ1) is 18.3. The second kappa shape index (κ2) is 10.1. The number of alkyl halides is 3. The summed E-state index contributed by atoms with van der Waals surface area (Å²) in [7, 11) is 3.12. The van der Waals surface area contributed by atoms with Gasteiger partial charge in [-0.2, -0.15) is 13.2 Å². The van der Waals surface area contributed by atoms with E-state index in [4.69, 9.17) is 14.2 Å². The van der Waals surface area contributed by atoms with Gasteiger partial charge in [0.2, 0.25) is 0 Å². The number of urea groups is 1. The van der Waals surface area contributed by atoms with Crippen LogP contribution in [0.5, 0.6) is 23.0 Å². The highest BCUT2D eigenvalue weighted by Crippen LogP contribution is 2.38. The predicted molar refractivity (Wildman–Crippen MR) is 137 cm³/mol. The van der Waals surface area contributed by atoms with Crippen LogP contribution in [0, 0.1) is 0 Å². The Morgan fingerprint density at radius 3 is 2.39 bits per heavy atom. The Morgan fingerprint density at radius 2 is 1.68 bits per heavy atom. The SMILES string of the molecule is COc1cc2nccc(Oc3ccc4c(c3)CCCN4C(=O)Nc3ccc(C(F)(F)F)cc3)c2cc1OC. The van der Waals surface area contributed by atoms with E-state index in [0.29, 0.717) is 35.1 Å². The highest BCUT2D eigenvalue weighted by molar-refractivity contribution is 6.02. The average Bonchev–Trinajstić information content (AvgIpc) is 2.91. The van der Waals surface area contributed by atoms with Gasteiger partial charge in [0, 0.05) is 35.6 Å². The van der Waals surface area contributed by atoms with Crippen LogP contribution in [-0.2, 0) is 12.6 Å². The molecule has 0 spiro atoms. The van der Waals surface area contributed by atoms with Gasteiger partial charge in [0.15, 0.2) is 11.5 Å². The molecule has 0 saturated carbocycles. The first-order valence-electron chi connectivity index (χ1n) is 11.8. The number of methoxy groups -OCH3 is 2. The molecule has 2 amide bonds. The molecular weight excluding hydrogens is 499 g/mol. The lowest BCUT2D eigenvalue weighted by atomic mass is 10.0. The minimum Gasteiger partial charge on any atom is -0.493 e. The molecule has 1 N–H and O–H groups in total. The molecule has 0 bridgehead atoms. The van der Waals surface area contributed by atoms with E-state index in [-0.39, 0.29) is 5.69 Å². The largest absolute Gasteiger partial charge is 0.493 e. The van der Waals surface area contributed by atoms with Crippen molar-refractivity contribution in [2.75, 3.05) is 31.0 Å². The number of rotatable bonds is 5. The number of aromatic nitrogens is 1. The summed E-state index contributed by atoms with van der Waals surface area (Å²) in [6.45, 7) is 0.482. The zero-order chi connectivity index (χ0) is 26.9. The summed E-state index contributed by atoms with van der Waals surface area (Å²) in [5, 5.41) is 3.44. The zero-order valence-electron chi connectivity index (χ0n) is 20.6. The van der Waals surface area contributed by atoms with Crippen LogP contribution in [0.15, 0.2) is 66.9 Å². The van der Waals surface area contributed by atoms with Crippen LogP contribution in [0.2, 0.25) is 0 Å². The Kier molecular flexibility index (Phi) is 6.71. The van der Waals surface area contributed by atoms with E-state index in [9.17, 15) is 18.0 Å². The summed E-state index contributed by atoms with van der Waals surface area (Å²) in [5.74, 6) is 2.30. The summed E-state index contributed by atoms with van der Waals surface area (Å²) >= 11 is 0. The molecule has 0 saturated heterocycles. The Labute approximate surface area is 216 Å². The molecule has 0 atom stereocenters. The molecule has 5 rings (SSSR count). The molecule has 1 aliphatic rings. The molecule has 1 aromatic heterocycles. The molecule has 196 valence electrons. The smallest absolute Gasteiger partial charge is 0.416 e. The number of nitrogens with one attached hydrogen (secondary N) is 1. The van der Waals surface area contributed by atoms with Crippen LogP contribution in [0.4, 0.5) is 29.3 Å². The van der Waals surface area contributed by atoms with Crippen molar-refractivity contribution in [1.29, 1.82) is 0 Å². The molecule has 0 unspecified atom stereocenters. The summed E-state index contributed by atoms with van der Waals surface area (Å²) in [6.07, 6.45) is -1.31. The molecule has 0 radical (unpaired) electrons. The van der Waals surface area contributed by atoms with E-state index in [1.807, 2.05) is 18.2 Å². The molecule has 0 aliphatic carbocycles. The second-order valence-electron chi connectivity index (χ2n) is 8.69. The van der Waals surface area contributed by atoms with E-state index in [1.165, 1.54) is 12.1 Å². The van der Waals surface area contributed by atoms with Gasteiger partial charge in [-0.15, -0.1) is 0 Å². The molecular formula is C28H24F3N3O4. The maximum atomic E-state index is 13.0. The number of carbonyl (C=O) groups excluding carboxylic acids is 1. The van der Waals surface area contributed by atoms with Crippen LogP contribution < -0.4 is 24.4 Å². The van der Waals surface area contributed by atoms with Crippen molar-refractivity contribution >= 4 is 28.3 Å². The van der Waals surface area contributed by atoms with E-state index in [1.54, 1.807) is 43.5 Å². The lowest BCUT2D eigenvalue weighted by Gasteiger charge is -2.30. The van der Waals surface area contributed by atoms with Crippen LogP contribution in [0.3, 0.4) is 0 Å². The van der Waals surface area contributed by atoms with E-state index in [0.717, 1.165) is 41.6 Å². The highest BCUT2D eigenvalue weighted by atomic mass is 19.4. The van der Waals surface area contributed by atoms with Gasteiger partial charge in [0.1, 0.15) is 11.5 Å². The number of fused-ring (bicyclic) bond motifs is 2. The van der Waals surface area contributed by atoms with E-state index in [2.05, 4.69) is 10.3 Å². The minimum absolute atomic E-state index is 0.284. The van der Waals surface area contributed by atoms with Gasteiger partial charge in [-0.25, -0.2) is 4.79 Å². The van der Waals surface area contributed by atoms with Gasteiger partial charge < -0.3 is 19.5 Å². The lowest BCUT2D eigenvalue weighted by molar-refractivity contribution is -0.137. The van der Waals surface area contributed by atoms with Crippen LogP contribution >= 0.6 is 0 Å². The fourth-order valence-corrected chi connectivity index (χ4v) is 4.44. The van der Waals surface area contributed by atoms with Crippen molar-refractivity contribution in [3.63, 3.8) is 0 Å². The van der Waals surface area contributed by atoms with Gasteiger partial charge in [-0.1, -0.05) is 0 Å². The Hall–Kier alpha value is -4.47. The molecule has 4 aromatic rings. The van der Waals surface area contributed by atoms with Crippen LogP contribution in [0.25, 0.3) is 10.9 Å². The van der Waals surface area contributed by atoms with Gasteiger partial charge >= 0.3 is 12.2 Å². The number of ether oxygens (including phenoxy) is 3. The Bertz CT molecular complexity index is 1490. The number of carbonyl (C=O) groups is 1. The van der Waals surface area contributed by atoms with Gasteiger partial charge in [0.05, 0.1) is 25.3 Å². The van der Waals surface area contributed by atoms with Crippen LogP contribution in [-0.4, -0.2) is 31.8 Å². The van der Waals surface area contributed by atoms with Crippen molar-refractivity contribution in [2.45, 2.75) is 19.0 Å². The van der Waals surface area contributed by atoms with Crippen molar-refractivity contribution in [3.05, 3.63) is 78.0 Å². The molecule has 2 heterocycles. The zero-order valence-corrected chi connectivity index (χ0v) is 20.6. The third-order valence-corrected chi connectivity index (χ3v) is 6.31. The van der Waals surface area contributed by atoms with Gasteiger partial charge in [0.25, 0.3) is 0 Å². The van der Waals surface area contributed by atoms with Crippen molar-refractivity contribution in [2.24, 2.45) is 0 Å². The molecule has 0 fully saturated rings. The van der Waals surface area contributed by atoms with Gasteiger partial charge in [-0.3, -0.25) is 9.88 Å². The third kappa shape index (κ3) is 5.02. The molecule has 7 nitrogen and oxygen atoms in total. The number of nitrogens with zero attached hydrogens (tertiary/aromatic N) is 2. The maximum absolute atomic E-state index is 13.0. The summed E-state index contributed by atoms with van der Waals surface area (Å²) in [4.78, 5) is 19.0. The standard InChI is InChI=1S/C28H24F3N3O4/c1-36-25-15-21-22(16-26(25)37-2)32-12-11-24(21)38-20-9-10-23-17(14-20)4-3-13-34(23)27(35)33-19-7-5-18(6-8-19)28(29,30)31/h5-12,14-16H,3-4,13H2,1-2H3,(H,33,35). The number of pyridine rings is 1. The fraction of sp³-hybridized carbons (Fsp3) is 0.214. The number of hydrogen-bond donors (Lipinski definition) is 1. The molecule has 10 heteroatoms. The number of hydrogen-bond acceptors (Lipinski definition) is 5. The predicted octanol–water partition coefficient (Wildman–Crippen LogP) is 7.05. The fourth-order valence-electron chi connectivity index (χ4n) is 4.44. The quantitative estimate of drug-likeness (QED) is 0.304. The average molecular weight is 524 g/mol. The highest BCUT2D eigenvalue weighted by Gasteiger charge is 2.30. The monoisotopic (exact) mass is 523 g/mol. The van der Waals surface area contributed by atoms with Crippen LogP contribution in [0.1, 0.15) is 17.5 Å². The van der Waals surface area contributed by atoms with E-state index < -0.39 is 17.8 Å². The Balaban J connectivity index is 1.36. The number of halogens is 3. The number of aryl methyl sites for hydroxylation is 1. The normalized spacial score (nSPS) is 13.1. The summed E-state index contributed by atoms with van der Waals surface area (Å²) in [6, 6.07) is 14.8. The topological polar surface area (TPSA) is 72.9 Å². The van der Waals surface area contributed by atoms with Gasteiger partial charge in [-0.05, 0) is 73.0 Å². The second-order valence-corrected chi connectivity index (χ2v) is 8.69. The number of anilines is 2. The maximum Gasteiger partial charge on any atom is 0.416 e. The summed E-state index contributed by atoms with van der Waals surface area (Å²) < 4.78 is 55.5. The van der Waals surface area contributed by atoms with Crippen molar-refractivity contribution in [1.82, 2.24) is 4.98 Å². The molecule has 3 aromatic carbocycles. The Morgan fingerprint density at radius 1 is 0.947 bits per heavy atom. The number of amides is 2. The van der Waals surface area contributed by atoms with Crippen molar-refractivity contribution in [3.8, 4) is 23.0 Å². The molecule has 38 heavy (non-hydrogen) atoms. The lowest BCUT2D eigenvalue weighted by Crippen LogP contribution is -2.38.